The highest BCUT2D eigenvalue weighted by Gasteiger charge is 1.96. The topological polar surface area (TPSA) is 0 Å². The molecule has 2 rings (SSSR count). The van der Waals surface area contributed by atoms with Gasteiger partial charge in [0.15, 0.2) is 0 Å². The smallest absolute Gasteiger partial charge is 0.0178 e. The highest BCUT2D eigenvalue weighted by molar-refractivity contribution is 5.85. The third-order valence-electron chi connectivity index (χ3n) is 2.35. The zero-order valence-corrected chi connectivity index (χ0v) is 9.75. The van der Waals surface area contributed by atoms with Crippen LogP contribution in [0.1, 0.15) is 25.0 Å². The molecule has 0 atom stereocenters. The molecule has 0 unspecified atom stereocenters. The number of hydrogen-bond acceptors (Lipinski definition) is 0. The fraction of sp³-hybridized carbons (Fsp3) is 0.200. The summed E-state index contributed by atoms with van der Waals surface area (Å²) in [5.74, 6) is 0. The third kappa shape index (κ3) is 2.47. The van der Waals surface area contributed by atoms with E-state index in [-0.39, 0.29) is 0 Å². The van der Waals surface area contributed by atoms with E-state index in [1.807, 2.05) is 19.9 Å². The maximum absolute atomic E-state index is 3.80. The Balaban J connectivity index is 0.000000531. The Bertz CT molecular complexity index is 453. The molecule has 0 heterocycles. The normalized spacial score (nSPS) is 9.27. The first kappa shape index (κ1) is 11.5. The minimum Gasteiger partial charge on any atom is -0.0985 e. The van der Waals surface area contributed by atoms with Gasteiger partial charge in [0, 0.05) is 0 Å². The van der Waals surface area contributed by atoms with Gasteiger partial charge in [0.2, 0.25) is 0 Å². The molecular weight excluding hydrogens is 180 g/mol. The van der Waals surface area contributed by atoms with Gasteiger partial charge in [-0.05, 0) is 34.9 Å². The lowest BCUT2D eigenvalue weighted by Gasteiger charge is -2.03. The van der Waals surface area contributed by atoms with E-state index in [4.69, 9.17) is 0 Å². The predicted octanol–water partition coefficient (Wildman–Crippen LogP) is 4.82. The summed E-state index contributed by atoms with van der Waals surface area (Å²) >= 11 is 0. The van der Waals surface area contributed by atoms with E-state index in [2.05, 4.69) is 49.9 Å². The maximum Gasteiger partial charge on any atom is -0.0178 e. The van der Waals surface area contributed by atoms with Gasteiger partial charge in [0.25, 0.3) is 0 Å². The van der Waals surface area contributed by atoms with E-state index in [1.54, 1.807) is 0 Å². The third-order valence-corrected chi connectivity index (χ3v) is 2.35. The van der Waals surface area contributed by atoms with Crippen molar-refractivity contribution < 1.29 is 0 Å². The van der Waals surface area contributed by atoms with Crippen LogP contribution in [0.15, 0.2) is 43.0 Å². The lowest BCUT2D eigenvalue weighted by molar-refractivity contribution is 1.48. The number of hydrogen-bond donors (Lipinski definition) is 0. The minimum atomic E-state index is 1.22. The van der Waals surface area contributed by atoms with Crippen molar-refractivity contribution in [2.75, 3.05) is 0 Å². The molecule has 0 radical (unpaired) electrons. The van der Waals surface area contributed by atoms with Crippen molar-refractivity contribution in [1.82, 2.24) is 0 Å². The van der Waals surface area contributed by atoms with Crippen molar-refractivity contribution in [2.45, 2.75) is 20.8 Å². The van der Waals surface area contributed by atoms with Crippen LogP contribution in [0.5, 0.6) is 0 Å². The van der Waals surface area contributed by atoms with Crippen LogP contribution in [0.25, 0.3) is 16.8 Å². The zero-order valence-electron chi connectivity index (χ0n) is 9.75. The Morgan fingerprint density at radius 1 is 1.00 bits per heavy atom. The molecule has 0 heteroatoms. The Labute approximate surface area is 92.3 Å². The molecule has 0 aliphatic rings. The minimum absolute atomic E-state index is 1.22. The van der Waals surface area contributed by atoms with Gasteiger partial charge < -0.3 is 0 Å². The molecule has 0 fully saturated rings. The molecule has 0 spiro atoms. The lowest BCUT2D eigenvalue weighted by atomic mass is 10.0. The van der Waals surface area contributed by atoms with Crippen LogP contribution in [0.4, 0.5) is 0 Å². The zero-order chi connectivity index (χ0) is 11.3. The summed E-state index contributed by atoms with van der Waals surface area (Å²) in [5, 5.41) is 2.58. The lowest BCUT2D eigenvalue weighted by Crippen LogP contribution is -1.81. The van der Waals surface area contributed by atoms with Crippen LogP contribution in [0, 0.1) is 6.92 Å². The van der Waals surface area contributed by atoms with E-state index in [9.17, 15) is 0 Å². The van der Waals surface area contributed by atoms with Crippen molar-refractivity contribution in [3.63, 3.8) is 0 Å². The predicted molar refractivity (Wildman–Crippen MR) is 70.1 cm³/mol. The fourth-order valence-corrected chi connectivity index (χ4v) is 1.59. The van der Waals surface area contributed by atoms with Gasteiger partial charge in [0.05, 0.1) is 0 Å². The van der Waals surface area contributed by atoms with Crippen LogP contribution in [0.2, 0.25) is 0 Å². The van der Waals surface area contributed by atoms with E-state index in [0.29, 0.717) is 0 Å². The van der Waals surface area contributed by atoms with Gasteiger partial charge in [-0.15, -0.1) is 0 Å². The van der Waals surface area contributed by atoms with E-state index >= 15 is 0 Å². The molecule has 78 valence electrons. The fourth-order valence-electron chi connectivity index (χ4n) is 1.59. The molecule has 0 bridgehead atoms. The second kappa shape index (κ2) is 5.35. The average molecular weight is 198 g/mol. The van der Waals surface area contributed by atoms with Crippen molar-refractivity contribution >= 4 is 16.8 Å². The Hall–Kier alpha value is -1.56. The second-order valence-corrected chi connectivity index (χ2v) is 3.26. The average Bonchev–Trinajstić information content (AvgIpc) is 2.31. The van der Waals surface area contributed by atoms with Gasteiger partial charge in [-0.2, -0.15) is 0 Å². The number of benzene rings is 2. The van der Waals surface area contributed by atoms with Crippen molar-refractivity contribution in [2.24, 2.45) is 0 Å². The van der Waals surface area contributed by atoms with Crippen molar-refractivity contribution in [3.8, 4) is 0 Å². The first-order chi connectivity index (χ1) is 7.31. The first-order valence-corrected chi connectivity index (χ1v) is 5.43. The SMILES string of the molecule is C=Cc1cc2ccccc2cc1C.CC. The molecule has 0 N–H and O–H groups in total. The molecular formula is C15H18. The van der Waals surface area contributed by atoms with Gasteiger partial charge in [-0.1, -0.05) is 56.8 Å². The molecule has 0 aliphatic heterocycles. The van der Waals surface area contributed by atoms with E-state index in [1.165, 1.54) is 21.9 Å². The molecule has 0 amide bonds. The highest BCUT2D eigenvalue weighted by atomic mass is 14.0. The summed E-state index contributed by atoms with van der Waals surface area (Å²) in [6.07, 6.45) is 1.90. The molecule has 0 saturated carbocycles. The highest BCUT2D eigenvalue weighted by Crippen LogP contribution is 2.19. The summed E-state index contributed by atoms with van der Waals surface area (Å²) < 4.78 is 0. The van der Waals surface area contributed by atoms with E-state index in [0.717, 1.165) is 0 Å². The van der Waals surface area contributed by atoms with Crippen molar-refractivity contribution in [1.29, 1.82) is 0 Å². The van der Waals surface area contributed by atoms with Crippen LogP contribution in [-0.2, 0) is 0 Å². The number of rotatable bonds is 1. The molecule has 0 nitrogen and oxygen atoms in total. The van der Waals surface area contributed by atoms with Gasteiger partial charge in [-0.25, -0.2) is 0 Å². The molecule has 0 aliphatic carbocycles. The molecule has 0 saturated heterocycles. The standard InChI is InChI=1S/C13H12.C2H6/c1-3-11-9-13-7-5-4-6-12(13)8-10(11)2;1-2/h3-9H,1H2,2H3;1-2H3. The van der Waals surface area contributed by atoms with Gasteiger partial charge >= 0.3 is 0 Å². The van der Waals surface area contributed by atoms with Gasteiger partial charge in [0.1, 0.15) is 0 Å². The summed E-state index contributed by atoms with van der Waals surface area (Å²) in [5.41, 5.74) is 2.51. The Morgan fingerprint density at radius 3 is 2.07 bits per heavy atom. The largest absolute Gasteiger partial charge is 0.0985 e. The van der Waals surface area contributed by atoms with E-state index < -0.39 is 0 Å². The van der Waals surface area contributed by atoms with Gasteiger partial charge in [-0.3, -0.25) is 0 Å². The summed E-state index contributed by atoms with van der Waals surface area (Å²) in [4.78, 5) is 0. The molecule has 2 aromatic carbocycles. The van der Waals surface area contributed by atoms with Crippen molar-refractivity contribution in [3.05, 3.63) is 54.1 Å². The maximum atomic E-state index is 3.80. The Morgan fingerprint density at radius 2 is 1.53 bits per heavy atom. The van der Waals surface area contributed by atoms with Crippen LogP contribution < -0.4 is 0 Å². The summed E-state index contributed by atoms with van der Waals surface area (Å²) in [6.45, 7) is 9.91. The monoisotopic (exact) mass is 198 g/mol. The second-order valence-electron chi connectivity index (χ2n) is 3.26. The van der Waals surface area contributed by atoms with Crippen LogP contribution >= 0.6 is 0 Å². The molecule has 0 aromatic heterocycles. The van der Waals surface area contributed by atoms with Crippen LogP contribution in [-0.4, -0.2) is 0 Å². The van der Waals surface area contributed by atoms with Crippen LogP contribution in [0.3, 0.4) is 0 Å². The molecule has 15 heavy (non-hydrogen) atoms. The number of fused-ring (bicyclic) bond motifs is 1. The summed E-state index contributed by atoms with van der Waals surface area (Å²) in [7, 11) is 0. The number of aryl methyl sites for hydroxylation is 1. The summed E-state index contributed by atoms with van der Waals surface area (Å²) in [6, 6.07) is 12.8. The molecule has 2 aromatic rings. The first-order valence-electron chi connectivity index (χ1n) is 5.43. The Kier molecular flexibility index (Phi) is 4.11. The quantitative estimate of drug-likeness (QED) is 0.616.